The van der Waals surface area contributed by atoms with Crippen molar-refractivity contribution in [3.8, 4) is 11.6 Å². The van der Waals surface area contributed by atoms with Gasteiger partial charge >= 0.3 is 0 Å². The normalized spacial score (nSPS) is 17.0. The van der Waals surface area contributed by atoms with E-state index in [1.54, 1.807) is 23.7 Å². The van der Waals surface area contributed by atoms with E-state index in [-0.39, 0.29) is 10.8 Å². The zero-order chi connectivity index (χ0) is 21.5. The van der Waals surface area contributed by atoms with E-state index >= 15 is 0 Å². The van der Waals surface area contributed by atoms with Crippen molar-refractivity contribution in [2.45, 2.75) is 50.1 Å². The molecule has 0 saturated carbocycles. The summed E-state index contributed by atoms with van der Waals surface area (Å²) in [7, 11) is 0. The second kappa shape index (κ2) is 8.12. The number of hydrogen-bond acceptors (Lipinski definition) is 7. The van der Waals surface area contributed by atoms with Crippen molar-refractivity contribution in [2.75, 3.05) is 0 Å². The molecule has 160 valence electrons. The Hall–Kier alpha value is -2.65. The molecule has 0 amide bonds. The van der Waals surface area contributed by atoms with Crippen LogP contribution in [0.5, 0.6) is 0 Å². The number of allylic oxidation sites excluding steroid dienone is 1. The van der Waals surface area contributed by atoms with Crippen molar-refractivity contribution in [3.05, 3.63) is 57.7 Å². The molecule has 2 unspecified atom stereocenters. The van der Waals surface area contributed by atoms with Crippen LogP contribution in [0.25, 0.3) is 21.8 Å². The topological polar surface area (TPSA) is 89.6 Å². The van der Waals surface area contributed by atoms with Crippen LogP contribution in [0.3, 0.4) is 0 Å². The van der Waals surface area contributed by atoms with E-state index in [4.69, 9.17) is 9.40 Å². The van der Waals surface area contributed by atoms with E-state index in [1.165, 1.54) is 22.2 Å². The minimum atomic E-state index is -0.104. The molecule has 0 saturated heterocycles. The van der Waals surface area contributed by atoms with E-state index in [0.717, 1.165) is 34.6 Å². The minimum absolute atomic E-state index is 0.0386. The van der Waals surface area contributed by atoms with E-state index < -0.39 is 0 Å². The Morgan fingerprint density at radius 3 is 3.13 bits per heavy atom. The van der Waals surface area contributed by atoms with Gasteiger partial charge in [0.2, 0.25) is 5.82 Å². The van der Waals surface area contributed by atoms with Crippen LogP contribution in [0.2, 0.25) is 0 Å². The third-order valence-electron chi connectivity index (χ3n) is 5.62. The van der Waals surface area contributed by atoms with E-state index in [9.17, 15) is 4.79 Å². The third kappa shape index (κ3) is 3.65. The standard InChI is InChI=1S/C22H23N5O2S2/c1-4-9-27-19(15-6-5-10-29-15)25-26-22(27)30-13(3)18-23-20(28)17-14-8-7-12(2)11-16(14)31-21(17)24-18/h4-6,10,12-13H,1,7-9,11H2,2-3H3,(H,23,24,28). The number of aromatic amines is 1. The number of nitrogens with zero attached hydrogens (tertiary/aromatic N) is 4. The average Bonchev–Trinajstić information content (AvgIpc) is 3.46. The van der Waals surface area contributed by atoms with Crippen LogP contribution in [0.15, 0.2) is 45.4 Å². The lowest BCUT2D eigenvalue weighted by molar-refractivity contribution is 0.509. The van der Waals surface area contributed by atoms with Crippen LogP contribution in [-0.4, -0.2) is 24.7 Å². The molecular weight excluding hydrogens is 430 g/mol. The fourth-order valence-corrected chi connectivity index (χ4v) is 6.34. The Morgan fingerprint density at radius 1 is 1.48 bits per heavy atom. The fourth-order valence-electron chi connectivity index (χ4n) is 4.03. The second-order valence-electron chi connectivity index (χ2n) is 7.93. The highest BCUT2D eigenvalue weighted by Crippen LogP contribution is 2.38. The molecular formula is C22H23N5O2S2. The minimum Gasteiger partial charge on any atom is -0.461 e. The van der Waals surface area contributed by atoms with Gasteiger partial charge in [0.15, 0.2) is 10.9 Å². The molecule has 0 radical (unpaired) electrons. The van der Waals surface area contributed by atoms with Gasteiger partial charge in [-0.25, -0.2) is 4.98 Å². The van der Waals surface area contributed by atoms with Crippen LogP contribution in [0.4, 0.5) is 0 Å². The Balaban J connectivity index is 1.48. The van der Waals surface area contributed by atoms with E-state index in [0.29, 0.717) is 29.9 Å². The third-order valence-corrected chi connectivity index (χ3v) is 7.86. The lowest BCUT2D eigenvalue weighted by Gasteiger charge is -2.17. The number of H-pyrrole nitrogens is 1. The molecule has 0 fully saturated rings. The number of hydrogen-bond donors (Lipinski definition) is 1. The summed E-state index contributed by atoms with van der Waals surface area (Å²) in [5.41, 5.74) is 1.16. The summed E-state index contributed by atoms with van der Waals surface area (Å²) in [6, 6.07) is 3.68. The van der Waals surface area contributed by atoms with Gasteiger partial charge in [-0.05, 0) is 49.8 Å². The first-order valence-electron chi connectivity index (χ1n) is 10.3. The number of aryl methyl sites for hydroxylation is 1. The molecule has 0 spiro atoms. The highest BCUT2D eigenvalue weighted by molar-refractivity contribution is 7.99. The van der Waals surface area contributed by atoms with Gasteiger partial charge in [-0.15, -0.1) is 28.1 Å². The fraction of sp³-hybridized carbons (Fsp3) is 0.364. The number of fused-ring (bicyclic) bond motifs is 3. The van der Waals surface area contributed by atoms with E-state index in [1.807, 2.05) is 23.6 Å². The van der Waals surface area contributed by atoms with Gasteiger partial charge < -0.3 is 9.40 Å². The summed E-state index contributed by atoms with van der Waals surface area (Å²) in [5.74, 6) is 2.62. The zero-order valence-corrected chi connectivity index (χ0v) is 19.1. The first kappa shape index (κ1) is 20.3. The Morgan fingerprint density at radius 2 is 2.35 bits per heavy atom. The predicted molar refractivity (Wildman–Crippen MR) is 124 cm³/mol. The molecule has 0 aliphatic heterocycles. The van der Waals surface area contributed by atoms with Crippen molar-refractivity contribution in [1.82, 2.24) is 24.7 Å². The maximum atomic E-state index is 12.9. The summed E-state index contributed by atoms with van der Waals surface area (Å²) >= 11 is 3.18. The summed E-state index contributed by atoms with van der Waals surface area (Å²) in [6.45, 7) is 8.68. The molecule has 0 bridgehead atoms. The van der Waals surface area contributed by atoms with Crippen LogP contribution < -0.4 is 5.56 Å². The average molecular weight is 454 g/mol. The number of aromatic nitrogens is 5. The van der Waals surface area contributed by atoms with E-state index in [2.05, 4.69) is 28.7 Å². The molecule has 2 atom stereocenters. The molecule has 1 N–H and O–H groups in total. The molecule has 1 aliphatic rings. The monoisotopic (exact) mass is 453 g/mol. The van der Waals surface area contributed by atoms with Gasteiger partial charge in [-0.2, -0.15) is 0 Å². The number of nitrogens with one attached hydrogen (secondary N) is 1. The van der Waals surface area contributed by atoms with Gasteiger partial charge in [0.05, 0.1) is 16.9 Å². The predicted octanol–water partition coefficient (Wildman–Crippen LogP) is 5.00. The van der Waals surface area contributed by atoms with Gasteiger partial charge in [0.1, 0.15) is 10.7 Å². The maximum absolute atomic E-state index is 12.9. The summed E-state index contributed by atoms with van der Waals surface area (Å²) in [5, 5.41) is 10.1. The molecule has 4 aromatic heterocycles. The smallest absolute Gasteiger partial charge is 0.259 e. The number of furan rings is 1. The van der Waals surface area contributed by atoms with Crippen LogP contribution in [0, 0.1) is 5.92 Å². The lowest BCUT2D eigenvalue weighted by atomic mass is 9.89. The van der Waals surface area contributed by atoms with Crippen molar-refractivity contribution in [1.29, 1.82) is 0 Å². The first-order chi connectivity index (χ1) is 15.0. The van der Waals surface area contributed by atoms with Crippen LogP contribution >= 0.6 is 23.1 Å². The Bertz CT molecular complexity index is 1300. The molecule has 4 heterocycles. The van der Waals surface area contributed by atoms with Gasteiger partial charge in [-0.3, -0.25) is 9.36 Å². The van der Waals surface area contributed by atoms with Crippen LogP contribution in [0.1, 0.15) is 41.8 Å². The molecule has 1 aliphatic carbocycles. The molecule has 7 nitrogen and oxygen atoms in total. The molecule has 9 heteroatoms. The Labute approximate surface area is 187 Å². The van der Waals surface area contributed by atoms with Crippen molar-refractivity contribution >= 4 is 33.3 Å². The summed E-state index contributed by atoms with van der Waals surface area (Å²) < 4.78 is 7.45. The number of rotatable bonds is 6. The lowest BCUT2D eigenvalue weighted by Crippen LogP contribution is -2.15. The van der Waals surface area contributed by atoms with Crippen molar-refractivity contribution in [2.24, 2.45) is 5.92 Å². The Kier molecular flexibility index (Phi) is 5.31. The SMILES string of the molecule is C=CCn1c(SC(C)c2nc3sc4c(c3c(=O)[nH]2)CCC(C)C4)nnc1-c1ccco1. The molecule has 0 aromatic carbocycles. The van der Waals surface area contributed by atoms with Gasteiger partial charge in [0, 0.05) is 11.4 Å². The summed E-state index contributed by atoms with van der Waals surface area (Å²) in [6.07, 6.45) is 6.54. The molecule has 31 heavy (non-hydrogen) atoms. The summed E-state index contributed by atoms with van der Waals surface area (Å²) in [4.78, 5) is 23.0. The zero-order valence-electron chi connectivity index (χ0n) is 17.4. The van der Waals surface area contributed by atoms with Crippen LogP contribution in [-0.2, 0) is 19.4 Å². The van der Waals surface area contributed by atoms with Gasteiger partial charge in [-0.1, -0.05) is 24.8 Å². The highest BCUT2D eigenvalue weighted by Gasteiger charge is 2.25. The van der Waals surface area contributed by atoms with Crippen molar-refractivity contribution in [3.63, 3.8) is 0 Å². The quantitative estimate of drug-likeness (QED) is 0.326. The maximum Gasteiger partial charge on any atom is 0.259 e. The molecule has 4 aromatic rings. The number of thioether (sulfide) groups is 1. The first-order valence-corrected chi connectivity index (χ1v) is 12.0. The largest absolute Gasteiger partial charge is 0.461 e. The highest BCUT2D eigenvalue weighted by atomic mass is 32.2. The molecule has 5 rings (SSSR count). The second-order valence-corrected chi connectivity index (χ2v) is 10.3. The van der Waals surface area contributed by atoms with Crippen molar-refractivity contribution < 1.29 is 4.42 Å². The number of thiophene rings is 1. The van der Waals surface area contributed by atoms with Gasteiger partial charge in [0.25, 0.3) is 5.56 Å².